The highest BCUT2D eigenvalue weighted by molar-refractivity contribution is 7.99. The van der Waals surface area contributed by atoms with E-state index in [4.69, 9.17) is 10.2 Å². The van der Waals surface area contributed by atoms with Crippen molar-refractivity contribution in [2.24, 2.45) is 0 Å². The smallest absolute Gasteiger partial charge is 0.295 e. The molecule has 102 valence electrons. The quantitative estimate of drug-likeness (QED) is 0.841. The van der Waals surface area contributed by atoms with Gasteiger partial charge in [0.2, 0.25) is 0 Å². The van der Waals surface area contributed by atoms with Gasteiger partial charge in [0.1, 0.15) is 5.52 Å². The van der Waals surface area contributed by atoms with E-state index in [1.807, 2.05) is 30.0 Å². The Balaban J connectivity index is 1.74. The molecule has 0 bridgehead atoms. The molecule has 1 heterocycles. The fraction of sp³-hybridized carbons (Fsp3) is 0.500. The summed E-state index contributed by atoms with van der Waals surface area (Å²) in [5.74, 6) is 0. The third-order valence-electron chi connectivity index (χ3n) is 3.70. The summed E-state index contributed by atoms with van der Waals surface area (Å²) in [5.41, 5.74) is 8.07. The van der Waals surface area contributed by atoms with Gasteiger partial charge in [-0.15, -0.1) is 0 Å². The van der Waals surface area contributed by atoms with Crippen LogP contribution in [0.1, 0.15) is 25.7 Å². The molecule has 0 amide bonds. The van der Waals surface area contributed by atoms with Gasteiger partial charge in [-0.3, -0.25) is 0 Å². The predicted molar refractivity (Wildman–Crippen MR) is 81.6 cm³/mol. The number of benzene rings is 1. The van der Waals surface area contributed by atoms with Crippen molar-refractivity contribution in [1.29, 1.82) is 0 Å². The molecule has 0 saturated heterocycles. The van der Waals surface area contributed by atoms with Crippen molar-refractivity contribution >= 4 is 34.6 Å². The Bertz CT molecular complexity index is 569. The molecule has 2 unspecified atom stereocenters. The first-order valence-electron chi connectivity index (χ1n) is 6.70. The molecule has 2 atom stereocenters. The summed E-state index contributed by atoms with van der Waals surface area (Å²) in [5, 5.41) is 4.18. The zero-order valence-electron chi connectivity index (χ0n) is 11.1. The minimum atomic E-state index is 0.469. The molecule has 2 aromatic rings. The fourth-order valence-corrected chi connectivity index (χ4v) is 3.50. The molecule has 0 radical (unpaired) electrons. The summed E-state index contributed by atoms with van der Waals surface area (Å²) < 4.78 is 5.71. The maximum atomic E-state index is 5.75. The molecule has 3 rings (SSSR count). The van der Waals surface area contributed by atoms with Crippen molar-refractivity contribution in [2.45, 2.75) is 37.0 Å². The molecular weight excluding hydrogens is 258 g/mol. The average Bonchev–Trinajstić information content (AvgIpc) is 2.80. The third-order valence-corrected chi connectivity index (χ3v) is 4.79. The first kappa shape index (κ1) is 12.7. The molecule has 1 saturated carbocycles. The lowest BCUT2D eigenvalue weighted by atomic mass is 9.95. The molecule has 1 aromatic heterocycles. The fourth-order valence-electron chi connectivity index (χ4n) is 2.67. The molecular formula is C14H19N3OS. The summed E-state index contributed by atoms with van der Waals surface area (Å²) in [6.45, 7) is 0. The van der Waals surface area contributed by atoms with Gasteiger partial charge in [0.25, 0.3) is 6.01 Å². The van der Waals surface area contributed by atoms with Gasteiger partial charge >= 0.3 is 0 Å². The Hall–Kier alpha value is -1.36. The van der Waals surface area contributed by atoms with Crippen LogP contribution in [0, 0.1) is 0 Å². The van der Waals surface area contributed by atoms with Crippen LogP contribution in [0.25, 0.3) is 11.1 Å². The lowest BCUT2D eigenvalue weighted by Crippen LogP contribution is -2.28. The van der Waals surface area contributed by atoms with Gasteiger partial charge in [0.05, 0.1) is 0 Å². The van der Waals surface area contributed by atoms with Crippen molar-refractivity contribution in [1.82, 2.24) is 4.98 Å². The number of thioether (sulfide) groups is 1. The lowest BCUT2D eigenvalue weighted by molar-refractivity contribution is 0.461. The van der Waals surface area contributed by atoms with Crippen LogP contribution in [-0.2, 0) is 0 Å². The SMILES string of the molecule is CSC1CCCC(Nc2nc3cc(N)ccc3o2)C1. The minimum Gasteiger partial charge on any atom is -0.424 e. The van der Waals surface area contributed by atoms with E-state index in [0.717, 1.165) is 16.3 Å². The van der Waals surface area contributed by atoms with Crippen LogP contribution in [-0.4, -0.2) is 22.5 Å². The van der Waals surface area contributed by atoms with Gasteiger partial charge in [-0.25, -0.2) is 0 Å². The lowest BCUT2D eigenvalue weighted by Gasteiger charge is -2.27. The van der Waals surface area contributed by atoms with E-state index in [1.54, 1.807) is 0 Å². The highest BCUT2D eigenvalue weighted by Crippen LogP contribution is 2.29. The summed E-state index contributed by atoms with van der Waals surface area (Å²) in [7, 11) is 0. The highest BCUT2D eigenvalue weighted by atomic mass is 32.2. The Labute approximate surface area is 117 Å². The van der Waals surface area contributed by atoms with Gasteiger partial charge in [0, 0.05) is 17.0 Å². The van der Waals surface area contributed by atoms with Crippen LogP contribution >= 0.6 is 11.8 Å². The second-order valence-electron chi connectivity index (χ2n) is 5.11. The van der Waals surface area contributed by atoms with Crippen LogP contribution in [0.5, 0.6) is 0 Å². The van der Waals surface area contributed by atoms with Crippen LogP contribution in [0.3, 0.4) is 0 Å². The Morgan fingerprint density at radius 1 is 1.42 bits per heavy atom. The number of nitrogens with one attached hydrogen (secondary N) is 1. The Morgan fingerprint density at radius 2 is 2.32 bits per heavy atom. The molecule has 0 spiro atoms. The summed E-state index contributed by atoms with van der Waals surface area (Å²) in [6.07, 6.45) is 7.16. The maximum absolute atomic E-state index is 5.75. The Kier molecular flexibility index (Phi) is 3.55. The first-order valence-corrected chi connectivity index (χ1v) is 7.99. The van der Waals surface area contributed by atoms with Crippen LogP contribution in [0.4, 0.5) is 11.7 Å². The molecule has 5 heteroatoms. The number of hydrogen-bond acceptors (Lipinski definition) is 5. The van der Waals surface area contributed by atoms with Gasteiger partial charge < -0.3 is 15.5 Å². The van der Waals surface area contributed by atoms with E-state index in [9.17, 15) is 0 Å². The van der Waals surface area contributed by atoms with Crippen molar-refractivity contribution in [2.75, 3.05) is 17.3 Å². The van der Waals surface area contributed by atoms with Crippen molar-refractivity contribution in [3.05, 3.63) is 18.2 Å². The minimum absolute atomic E-state index is 0.469. The Morgan fingerprint density at radius 3 is 3.16 bits per heavy atom. The second kappa shape index (κ2) is 5.33. The monoisotopic (exact) mass is 277 g/mol. The van der Waals surface area contributed by atoms with Crippen LogP contribution in [0.2, 0.25) is 0 Å². The number of fused-ring (bicyclic) bond motifs is 1. The largest absolute Gasteiger partial charge is 0.424 e. The summed E-state index contributed by atoms with van der Waals surface area (Å²) >= 11 is 1.96. The number of hydrogen-bond donors (Lipinski definition) is 2. The molecule has 1 fully saturated rings. The molecule has 3 N–H and O–H groups in total. The number of nitrogens with zero attached hydrogens (tertiary/aromatic N) is 1. The number of nitrogen functional groups attached to an aromatic ring is 1. The maximum Gasteiger partial charge on any atom is 0.295 e. The molecule has 4 nitrogen and oxygen atoms in total. The standard InChI is InChI=1S/C14H19N3OS/c1-19-11-4-2-3-10(8-11)16-14-17-12-7-9(15)5-6-13(12)18-14/h5-7,10-11H,2-4,8,15H2,1H3,(H,16,17). The van der Waals surface area contributed by atoms with Crippen LogP contribution < -0.4 is 11.1 Å². The number of anilines is 2. The first-order chi connectivity index (χ1) is 9.24. The van der Waals surface area contributed by atoms with Crippen molar-refractivity contribution in [3.8, 4) is 0 Å². The van der Waals surface area contributed by atoms with Gasteiger partial charge in [0.15, 0.2) is 5.58 Å². The topological polar surface area (TPSA) is 64.1 Å². The van der Waals surface area contributed by atoms with E-state index in [1.165, 1.54) is 25.7 Å². The van der Waals surface area contributed by atoms with E-state index in [0.29, 0.717) is 17.7 Å². The van der Waals surface area contributed by atoms with Gasteiger partial charge in [-0.05, 0) is 43.7 Å². The van der Waals surface area contributed by atoms with Gasteiger partial charge in [-0.1, -0.05) is 6.42 Å². The third kappa shape index (κ3) is 2.81. The summed E-state index contributed by atoms with van der Waals surface area (Å²) in [6, 6.07) is 6.63. The number of oxazole rings is 1. The predicted octanol–water partition coefficient (Wildman–Crippen LogP) is 3.50. The molecule has 19 heavy (non-hydrogen) atoms. The van der Waals surface area contributed by atoms with E-state index < -0.39 is 0 Å². The molecule has 1 aliphatic rings. The molecule has 0 aliphatic heterocycles. The number of aromatic nitrogens is 1. The van der Waals surface area contributed by atoms with Crippen molar-refractivity contribution < 1.29 is 4.42 Å². The molecule has 1 aliphatic carbocycles. The normalized spacial score (nSPS) is 23.6. The zero-order chi connectivity index (χ0) is 13.2. The number of rotatable bonds is 3. The van der Waals surface area contributed by atoms with Gasteiger partial charge in [-0.2, -0.15) is 16.7 Å². The second-order valence-corrected chi connectivity index (χ2v) is 6.25. The van der Waals surface area contributed by atoms with Crippen molar-refractivity contribution in [3.63, 3.8) is 0 Å². The average molecular weight is 277 g/mol. The van der Waals surface area contributed by atoms with E-state index >= 15 is 0 Å². The molecule has 1 aromatic carbocycles. The highest BCUT2D eigenvalue weighted by Gasteiger charge is 2.22. The van der Waals surface area contributed by atoms with E-state index in [-0.39, 0.29) is 0 Å². The number of nitrogens with two attached hydrogens (primary N) is 1. The zero-order valence-corrected chi connectivity index (χ0v) is 11.9. The van der Waals surface area contributed by atoms with E-state index in [2.05, 4.69) is 16.6 Å². The summed E-state index contributed by atoms with van der Waals surface area (Å²) in [4.78, 5) is 4.45. The van der Waals surface area contributed by atoms with Crippen LogP contribution in [0.15, 0.2) is 22.6 Å².